The van der Waals surface area contributed by atoms with Crippen molar-refractivity contribution in [3.05, 3.63) is 23.2 Å². The van der Waals surface area contributed by atoms with Crippen LogP contribution in [0.25, 0.3) is 0 Å². The summed E-state index contributed by atoms with van der Waals surface area (Å²) in [6.07, 6.45) is 1.26. The lowest BCUT2D eigenvalue weighted by Gasteiger charge is -2.15. The molecule has 0 bridgehead atoms. The molecule has 0 atom stereocenters. The van der Waals surface area contributed by atoms with Crippen LogP contribution in [0.5, 0.6) is 0 Å². The van der Waals surface area contributed by atoms with Gasteiger partial charge < -0.3 is 14.6 Å². The third kappa shape index (κ3) is 5.20. The Kier molecular flexibility index (Phi) is 5.37. The molecule has 6 heteroatoms. The minimum absolute atomic E-state index is 0.184. The first-order valence-corrected chi connectivity index (χ1v) is 7.97. The molecule has 0 aliphatic heterocycles. The van der Waals surface area contributed by atoms with Crippen LogP contribution in [0.15, 0.2) is 10.5 Å². The molecule has 0 aromatic carbocycles. The summed E-state index contributed by atoms with van der Waals surface area (Å²) in [5.74, 6) is 1.98. The molecular formula is C12H22N2O3S. The van der Waals surface area contributed by atoms with Crippen LogP contribution in [0.3, 0.4) is 0 Å². The first-order chi connectivity index (χ1) is 8.31. The van der Waals surface area contributed by atoms with E-state index in [0.717, 1.165) is 17.1 Å². The highest BCUT2D eigenvalue weighted by Gasteiger charge is 2.11. The molecule has 0 saturated carbocycles. The van der Waals surface area contributed by atoms with Gasteiger partial charge in [0, 0.05) is 24.9 Å². The summed E-state index contributed by atoms with van der Waals surface area (Å²) < 4.78 is 27.8. The Morgan fingerprint density at radius 1 is 1.44 bits per heavy atom. The van der Waals surface area contributed by atoms with E-state index < -0.39 is 9.84 Å². The maximum atomic E-state index is 11.1. The minimum atomic E-state index is -2.90. The van der Waals surface area contributed by atoms with Gasteiger partial charge in [0.25, 0.3) is 0 Å². The van der Waals surface area contributed by atoms with E-state index in [2.05, 4.69) is 5.32 Å². The van der Waals surface area contributed by atoms with Crippen molar-refractivity contribution in [1.29, 1.82) is 0 Å². The van der Waals surface area contributed by atoms with Crippen molar-refractivity contribution < 1.29 is 12.8 Å². The molecule has 1 heterocycles. The highest BCUT2D eigenvalue weighted by molar-refractivity contribution is 7.90. The van der Waals surface area contributed by atoms with Gasteiger partial charge in [-0.2, -0.15) is 0 Å². The number of hydrogen-bond acceptors (Lipinski definition) is 5. The van der Waals surface area contributed by atoms with Gasteiger partial charge in [-0.3, -0.25) is 0 Å². The molecule has 1 aromatic heterocycles. The average molecular weight is 274 g/mol. The van der Waals surface area contributed by atoms with Crippen molar-refractivity contribution in [2.75, 3.05) is 32.6 Å². The molecule has 0 aliphatic rings. The monoisotopic (exact) mass is 274 g/mol. The summed E-state index contributed by atoms with van der Waals surface area (Å²) in [6.45, 7) is 3.87. The number of hydrogen-bond donors (Lipinski definition) is 1. The number of sulfone groups is 1. The zero-order chi connectivity index (χ0) is 13.8. The third-order valence-electron chi connectivity index (χ3n) is 2.71. The smallest absolute Gasteiger partial charge is 0.148 e. The fourth-order valence-electron chi connectivity index (χ4n) is 1.70. The minimum Gasteiger partial charge on any atom is -0.465 e. The molecule has 0 amide bonds. The van der Waals surface area contributed by atoms with E-state index >= 15 is 0 Å². The molecule has 1 rings (SSSR count). The molecule has 5 nitrogen and oxygen atoms in total. The van der Waals surface area contributed by atoms with Gasteiger partial charge in [0.05, 0.1) is 12.3 Å². The molecule has 0 unspecified atom stereocenters. The Labute approximate surface area is 109 Å². The van der Waals surface area contributed by atoms with Gasteiger partial charge in [0.1, 0.15) is 21.4 Å². The molecule has 0 radical (unpaired) electrons. The van der Waals surface area contributed by atoms with E-state index in [1.165, 1.54) is 6.26 Å². The zero-order valence-electron chi connectivity index (χ0n) is 11.5. The summed E-state index contributed by atoms with van der Waals surface area (Å²) in [5, 5.41) is 3.04. The first kappa shape index (κ1) is 15.2. The highest BCUT2D eigenvalue weighted by atomic mass is 32.2. The van der Waals surface area contributed by atoms with Crippen molar-refractivity contribution in [3.8, 4) is 0 Å². The van der Waals surface area contributed by atoms with Gasteiger partial charge in [-0.15, -0.1) is 0 Å². The molecule has 1 N–H and O–H groups in total. The maximum Gasteiger partial charge on any atom is 0.148 e. The summed E-state index contributed by atoms with van der Waals surface area (Å²) in [4.78, 5) is 1.99. The predicted octanol–water partition coefficient (Wildman–Crippen LogP) is 0.784. The Morgan fingerprint density at radius 2 is 2.11 bits per heavy atom. The molecule has 0 aliphatic carbocycles. The first-order valence-electron chi connectivity index (χ1n) is 5.91. The van der Waals surface area contributed by atoms with E-state index in [4.69, 9.17) is 4.42 Å². The van der Waals surface area contributed by atoms with E-state index in [-0.39, 0.29) is 5.75 Å². The van der Waals surface area contributed by atoms with Gasteiger partial charge in [0.15, 0.2) is 0 Å². The molecule has 0 spiro atoms. The fraction of sp³-hybridized carbons (Fsp3) is 0.667. The second kappa shape index (κ2) is 6.36. The van der Waals surface area contributed by atoms with E-state index in [1.807, 2.05) is 32.0 Å². The molecule has 18 heavy (non-hydrogen) atoms. The molecule has 0 fully saturated rings. The van der Waals surface area contributed by atoms with Crippen LogP contribution in [0, 0.1) is 6.92 Å². The number of furan rings is 1. The SMILES string of the molecule is CNCc1cc(CN(C)CCS(C)(=O)=O)c(C)o1. The van der Waals surface area contributed by atoms with Gasteiger partial charge in [0.2, 0.25) is 0 Å². The molecule has 1 aromatic rings. The Hall–Kier alpha value is -0.850. The standard InChI is InChI=1S/C12H22N2O3S/c1-10-11(7-12(17-10)8-13-2)9-14(3)5-6-18(4,15)16/h7,13H,5-6,8-9H2,1-4H3. The number of nitrogens with zero attached hydrogens (tertiary/aromatic N) is 1. The third-order valence-corrected chi connectivity index (χ3v) is 3.63. The Balaban J connectivity index is 2.56. The second-order valence-electron chi connectivity index (χ2n) is 4.69. The molecule has 104 valence electrons. The normalized spacial score (nSPS) is 12.3. The summed E-state index contributed by atoms with van der Waals surface area (Å²) >= 11 is 0. The Morgan fingerprint density at radius 3 is 2.67 bits per heavy atom. The highest BCUT2D eigenvalue weighted by Crippen LogP contribution is 2.16. The van der Waals surface area contributed by atoms with Crippen LogP contribution in [0.4, 0.5) is 0 Å². The van der Waals surface area contributed by atoms with Crippen LogP contribution >= 0.6 is 0 Å². The maximum absolute atomic E-state index is 11.1. The van der Waals surface area contributed by atoms with Gasteiger partial charge in [-0.25, -0.2) is 8.42 Å². The lowest BCUT2D eigenvalue weighted by atomic mass is 10.2. The van der Waals surface area contributed by atoms with E-state index in [0.29, 0.717) is 19.6 Å². The summed E-state index contributed by atoms with van der Waals surface area (Å²) in [6, 6.07) is 2.02. The fourth-order valence-corrected chi connectivity index (χ4v) is 2.34. The quantitative estimate of drug-likeness (QED) is 0.796. The number of rotatable bonds is 7. The number of aryl methyl sites for hydroxylation is 1. The van der Waals surface area contributed by atoms with E-state index in [9.17, 15) is 8.42 Å². The van der Waals surface area contributed by atoms with Crippen LogP contribution in [-0.2, 0) is 22.9 Å². The lowest BCUT2D eigenvalue weighted by molar-refractivity contribution is 0.342. The number of nitrogens with one attached hydrogen (secondary N) is 1. The predicted molar refractivity (Wildman–Crippen MR) is 72.3 cm³/mol. The van der Waals surface area contributed by atoms with Crippen molar-refractivity contribution in [2.24, 2.45) is 0 Å². The van der Waals surface area contributed by atoms with Crippen LogP contribution in [-0.4, -0.2) is 46.0 Å². The van der Waals surface area contributed by atoms with Crippen molar-refractivity contribution >= 4 is 9.84 Å². The van der Waals surface area contributed by atoms with Crippen LogP contribution in [0.2, 0.25) is 0 Å². The Bertz CT molecular complexity index is 480. The van der Waals surface area contributed by atoms with Crippen molar-refractivity contribution in [2.45, 2.75) is 20.0 Å². The van der Waals surface area contributed by atoms with E-state index in [1.54, 1.807) is 0 Å². The average Bonchev–Trinajstić information content (AvgIpc) is 2.56. The van der Waals surface area contributed by atoms with Crippen molar-refractivity contribution in [1.82, 2.24) is 10.2 Å². The summed E-state index contributed by atoms with van der Waals surface area (Å²) in [7, 11) is 0.883. The second-order valence-corrected chi connectivity index (χ2v) is 6.95. The van der Waals surface area contributed by atoms with Gasteiger partial charge in [-0.1, -0.05) is 0 Å². The molecular weight excluding hydrogens is 252 g/mol. The lowest BCUT2D eigenvalue weighted by Crippen LogP contribution is -2.24. The zero-order valence-corrected chi connectivity index (χ0v) is 12.3. The topological polar surface area (TPSA) is 62.6 Å². The largest absolute Gasteiger partial charge is 0.465 e. The van der Waals surface area contributed by atoms with Crippen LogP contribution in [0.1, 0.15) is 17.1 Å². The summed E-state index contributed by atoms with van der Waals surface area (Å²) in [5.41, 5.74) is 1.11. The molecule has 0 saturated heterocycles. The van der Waals surface area contributed by atoms with Crippen molar-refractivity contribution in [3.63, 3.8) is 0 Å². The van der Waals surface area contributed by atoms with Gasteiger partial charge >= 0.3 is 0 Å². The van der Waals surface area contributed by atoms with Crippen LogP contribution < -0.4 is 5.32 Å². The van der Waals surface area contributed by atoms with Gasteiger partial charge in [-0.05, 0) is 27.1 Å².